The standard InChI is InChI=1S/C18H19N3O/c1-13-8-10-16(11-9-13)18(15-6-4-3-5-7-15)19-12-17-21-20-14(2)22-17/h3-11,18-19H,12H2,1-2H3. The van der Waals surface area contributed by atoms with E-state index in [0.717, 1.165) is 0 Å². The lowest BCUT2D eigenvalue weighted by molar-refractivity contribution is 0.436. The molecule has 1 unspecified atom stereocenters. The van der Waals surface area contributed by atoms with Gasteiger partial charge in [0, 0.05) is 6.92 Å². The van der Waals surface area contributed by atoms with E-state index in [1.54, 1.807) is 6.92 Å². The summed E-state index contributed by atoms with van der Waals surface area (Å²) < 4.78 is 5.44. The van der Waals surface area contributed by atoms with Crippen LogP contribution >= 0.6 is 0 Å². The number of nitrogens with one attached hydrogen (secondary N) is 1. The maximum absolute atomic E-state index is 5.44. The van der Waals surface area contributed by atoms with Crippen LogP contribution < -0.4 is 5.32 Å². The highest BCUT2D eigenvalue weighted by Crippen LogP contribution is 2.22. The third-order valence-electron chi connectivity index (χ3n) is 3.57. The van der Waals surface area contributed by atoms with Crippen LogP contribution in [0.5, 0.6) is 0 Å². The summed E-state index contributed by atoms with van der Waals surface area (Å²) >= 11 is 0. The predicted octanol–water partition coefficient (Wildman–Crippen LogP) is 3.57. The average molecular weight is 293 g/mol. The minimum atomic E-state index is 0.0917. The molecular formula is C18H19N3O. The summed E-state index contributed by atoms with van der Waals surface area (Å²) in [5.41, 5.74) is 3.68. The molecule has 3 aromatic rings. The molecule has 0 fully saturated rings. The fourth-order valence-corrected chi connectivity index (χ4v) is 2.43. The summed E-state index contributed by atoms with van der Waals surface area (Å²) in [6, 6.07) is 19.0. The lowest BCUT2D eigenvalue weighted by Gasteiger charge is -2.19. The Morgan fingerprint density at radius 2 is 1.59 bits per heavy atom. The van der Waals surface area contributed by atoms with Crippen LogP contribution in [-0.2, 0) is 6.54 Å². The van der Waals surface area contributed by atoms with Gasteiger partial charge < -0.3 is 4.42 Å². The molecule has 1 heterocycles. The molecule has 0 saturated carbocycles. The molecule has 0 spiro atoms. The SMILES string of the molecule is Cc1ccc(C(NCc2nnc(C)o2)c2ccccc2)cc1. The molecular weight excluding hydrogens is 274 g/mol. The molecule has 1 N–H and O–H groups in total. The van der Waals surface area contributed by atoms with Crippen molar-refractivity contribution in [1.29, 1.82) is 0 Å². The van der Waals surface area contributed by atoms with Crippen molar-refractivity contribution in [2.75, 3.05) is 0 Å². The highest BCUT2D eigenvalue weighted by atomic mass is 16.4. The van der Waals surface area contributed by atoms with Gasteiger partial charge in [-0.25, -0.2) is 0 Å². The Balaban J connectivity index is 1.84. The molecule has 4 nitrogen and oxygen atoms in total. The second kappa shape index (κ2) is 6.54. The first kappa shape index (κ1) is 14.5. The predicted molar refractivity (Wildman–Crippen MR) is 85.3 cm³/mol. The van der Waals surface area contributed by atoms with E-state index in [2.05, 4.69) is 71.0 Å². The van der Waals surface area contributed by atoms with Crippen LogP contribution in [0, 0.1) is 13.8 Å². The van der Waals surface area contributed by atoms with Gasteiger partial charge in [0.05, 0.1) is 12.6 Å². The number of aryl methyl sites for hydroxylation is 2. The Bertz CT molecular complexity index is 720. The largest absolute Gasteiger partial charge is 0.424 e. The number of hydrogen-bond donors (Lipinski definition) is 1. The topological polar surface area (TPSA) is 51.0 Å². The fraction of sp³-hybridized carbons (Fsp3) is 0.222. The molecule has 0 aliphatic heterocycles. The van der Waals surface area contributed by atoms with E-state index >= 15 is 0 Å². The van der Waals surface area contributed by atoms with Gasteiger partial charge in [-0.05, 0) is 18.1 Å². The number of rotatable bonds is 5. The monoisotopic (exact) mass is 293 g/mol. The van der Waals surface area contributed by atoms with Crippen LogP contribution in [0.25, 0.3) is 0 Å². The summed E-state index contributed by atoms with van der Waals surface area (Å²) in [5.74, 6) is 1.19. The van der Waals surface area contributed by atoms with Gasteiger partial charge in [0.15, 0.2) is 0 Å². The zero-order valence-corrected chi connectivity index (χ0v) is 12.8. The van der Waals surface area contributed by atoms with Gasteiger partial charge in [0.25, 0.3) is 0 Å². The van der Waals surface area contributed by atoms with Gasteiger partial charge in [-0.3, -0.25) is 5.32 Å². The van der Waals surface area contributed by atoms with Gasteiger partial charge in [-0.15, -0.1) is 10.2 Å². The fourth-order valence-electron chi connectivity index (χ4n) is 2.43. The lowest BCUT2D eigenvalue weighted by atomic mass is 9.98. The van der Waals surface area contributed by atoms with Crippen LogP contribution in [0.15, 0.2) is 59.0 Å². The maximum atomic E-state index is 5.44. The zero-order chi connectivity index (χ0) is 15.4. The van der Waals surface area contributed by atoms with Crippen molar-refractivity contribution in [3.63, 3.8) is 0 Å². The van der Waals surface area contributed by atoms with Crippen molar-refractivity contribution in [1.82, 2.24) is 15.5 Å². The van der Waals surface area contributed by atoms with Crippen molar-refractivity contribution in [3.8, 4) is 0 Å². The third kappa shape index (κ3) is 3.40. The summed E-state index contributed by atoms with van der Waals surface area (Å²) in [6.45, 7) is 4.43. The average Bonchev–Trinajstić information content (AvgIpc) is 2.96. The summed E-state index contributed by atoms with van der Waals surface area (Å²) in [4.78, 5) is 0. The molecule has 0 aliphatic carbocycles. The molecule has 0 bridgehead atoms. The van der Waals surface area contributed by atoms with Gasteiger partial charge >= 0.3 is 0 Å². The highest BCUT2D eigenvalue weighted by Gasteiger charge is 2.14. The molecule has 0 saturated heterocycles. The van der Waals surface area contributed by atoms with Crippen molar-refractivity contribution in [2.45, 2.75) is 26.4 Å². The number of benzene rings is 2. The maximum Gasteiger partial charge on any atom is 0.230 e. The highest BCUT2D eigenvalue weighted by molar-refractivity contribution is 5.33. The van der Waals surface area contributed by atoms with Gasteiger partial charge in [-0.2, -0.15) is 0 Å². The summed E-state index contributed by atoms with van der Waals surface area (Å²) in [5, 5.41) is 11.4. The number of aromatic nitrogens is 2. The molecule has 112 valence electrons. The van der Waals surface area contributed by atoms with Crippen LogP contribution in [0.2, 0.25) is 0 Å². The van der Waals surface area contributed by atoms with Crippen LogP contribution in [-0.4, -0.2) is 10.2 Å². The summed E-state index contributed by atoms with van der Waals surface area (Å²) in [7, 11) is 0. The van der Waals surface area contributed by atoms with Crippen LogP contribution in [0.3, 0.4) is 0 Å². The van der Waals surface area contributed by atoms with E-state index in [0.29, 0.717) is 18.3 Å². The Morgan fingerprint density at radius 3 is 2.23 bits per heavy atom. The Kier molecular flexibility index (Phi) is 4.30. The quantitative estimate of drug-likeness (QED) is 0.781. The molecule has 0 aliphatic rings. The van der Waals surface area contributed by atoms with Gasteiger partial charge in [-0.1, -0.05) is 60.2 Å². The Labute approximate surface area is 130 Å². The van der Waals surface area contributed by atoms with Crippen molar-refractivity contribution in [3.05, 3.63) is 83.1 Å². The van der Waals surface area contributed by atoms with E-state index < -0.39 is 0 Å². The first-order valence-corrected chi connectivity index (χ1v) is 7.36. The van der Waals surface area contributed by atoms with E-state index in [4.69, 9.17) is 4.42 Å². The molecule has 1 aromatic heterocycles. The first-order valence-electron chi connectivity index (χ1n) is 7.36. The van der Waals surface area contributed by atoms with Gasteiger partial charge in [0.2, 0.25) is 11.8 Å². The van der Waals surface area contributed by atoms with Crippen molar-refractivity contribution < 1.29 is 4.42 Å². The smallest absolute Gasteiger partial charge is 0.230 e. The third-order valence-corrected chi connectivity index (χ3v) is 3.57. The molecule has 2 aromatic carbocycles. The minimum Gasteiger partial charge on any atom is -0.424 e. The second-order valence-electron chi connectivity index (χ2n) is 5.35. The van der Waals surface area contributed by atoms with Crippen molar-refractivity contribution >= 4 is 0 Å². The molecule has 4 heteroatoms. The van der Waals surface area contributed by atoms with Gasteiger partial charge in [0.1, 0.15) is 0 Å². The second-order valence-corrected chi connectivity index (χ2v) is 5.35. The number of hydrogen-bond acceptors (Lipinski definition) is 4. The van der Waals surface area contributed by atoms with E-state index in [1.165, 1.54) is 16.7 Å². The Morgan fingerprint density at radius 1 is 0.909 bits per heavy atom. The van der Waals surface area contributed by atoms with E-state index in [-0.39, 0.29) is 6.04 Å². The zero-order valence-electron chi connectivity index (χ0n) is 12.8. The first-order chi connectivity index (χ1) is 10.7. The molecule has 0 radical (unpaired) electrons. The molecule has 3 rings (SSSR count). The molecule has 0 amide bonds. The molecule has 22 heavy (non-hydrogen) atoms. The molecule has 1 atom stereocenters. The minimum absolute atomic E-state index is 0.0917. The number of nitrogens with zero attached hydrogens (tertiary/aromatic N) is 2. The normalized spacial score (nSPS) is 12.3. The van der Waals surface area contributed by atoms with Crippen molar-refractivity contribution in [2.24, 2.45) is 0 Å². The van der Waals surface area contributed by atoms with E-state index in [1.807, 2.05) is 6.07 Å². The van der Waals surface area contributed by atoms with Crippen LogP contribution in [0.4, 0.5) is 0 Å². The summed E-state index contributed by atoms with van der Waals surface area (Å²) in [6.07, 6.45) is 0. The Hall–Kier alpha value is -2.46. The van der Waals surface area contributed by atoms with Crippen LogP contribution in [0.1, 0.15) is 34.5 Å². The van der Waals surface area contributed by atoms with E-state index in [9.17, 15) is 0 Å². The lowest BCUT2D eigenvalue weighted by Crippen LogP contribution is -2.22.